The molecule has 24 heavy (non-hydrogen) atoms. The highest BCUT2D eigenvalue weighted by Gasteiger charge is 2.21. The van der Waals surface area contributed by atoms with Crippen LogP contribution in [0.4, 0.5) is 0 Å². The summed E-state index contributed by atoms with van der Waals surface area (Å²) in [4.78, 5) is 0. The fourth-order valence-electron chi connectivity index (χ4n) is 3.82. The molecule has 1 aromatic carbocycles. The summed E-state index contributed by atoms with van der Waals surface area (Å²) in [5, 5.41) is 8.38. The van der Waals surface area contributed by atoms with Crippen LogP contribution in [0.2, 0.25) is 0 Å². The van der Waals surface area contributed by atoms with Crippen molar-refractivity contribution < 1.29 is 4.74 Å². The molecule has 0 aliphatic heterocycles. The van der Waals surface area contributed by atoms with E-state index < -0.39 is 0 Å². The van der Waals surface area contributed by atoms with E-state index in [1.165, 1.54) is 44.1 Å². The molecule has 3 heteroatoms. The minimum atomic E-state index is 0.585. The van der Waals surface area contributed by atoms with E-state index in [4.69, 9.17) is 4.74 Å². The Morgan fingerprint density at radius 1 is 0.917 bits per heavy atom. The average Bonchev–Trinajstić information content (AvgIpc) is 2.64. The van der Waals surface area contributed by atoms with E-state index in [2.05, 4.69) is 41.4 Å². The van der Waals surface area contributed by atoms with E-state index in [0.29, 0.717) is 12.5 Å². The van der Waals surface area contributed by atoms with Crippen molar-refractivity contribution >= 4 is 0 Å². The Morgan fingerprint density at radius 2 is 1.67 bits per heavy atom. The molecule has 0 radical (unpaired) electrons. The van der Waals surface area contributed by atoms with Crippen LogP contribution in [0.25, 0.3) is 11.3 Å². The first-order chi connectivity index (χ1) is 11.8. The lowest BCUT2D eigenvalue weighted by atomic mass is 9.77. The van der Waals surface area contributed by atoms with E-state index in [1.807, 2.05) is 19.1 Å². The summed E-state index contributed by atoms with van der Waals surface area (Å²) in [5.41, 5.74) is 3.50. The second kappa shape index (κ2) is 8.27. The van der Waals surface area contributed by atoms with Crippen molar-refractivity contribution in [2.75, 3.05) is 6.61 Å². The maximum absolute atomic E-state index is 5.35. The lowest BCUT2D eigenvalue weighted by Crippen LogP contribution is -2.13. The van der Waals surface area contributed by atoms with Crippen molar-refractivity contribution in [3.05, 3.63) is 42.0 Å². The molecule has 1 heterocycles. The largest absolute Gasteiger partial charge is 0.477 e. The van der Waals surface area contributed by atoms with Gasteiger partial charge in [0.1, 0.15) is 0 Å². The number of nitrogens with zero attached hydrogens (tertiary/aromatic N) is 2. The van der Waals surface area contributed by atoms with Gasteiger partial charge < -0.3 is 4.74 Å². The third-order valence-corrected chi connectivity index (χ3v) is 5.15. The average molecular weight is 324 g/mol. The van der Waals surface area contributed by atoms with E-state index in [1.54, 1.807) is 0 Å². The topological polar surface area (TPSA) is 35.0 Å². The number of ether oxygens (including phenoxy) is 1. The van der Waals surface area contributed by atoms with Gasteiger partial charge in [0.25, 0.3) is 0 Å². The molecule has 1 aromatic heterocycles. The van der Waals surface area contributed by atoms with Crippen LogP contribution in [0.1, 0.15) is 63.9 Å². The number of rotatable bonds is 6. The summed E-state index contributed by atoms with van der Waals surface area (Å²) in [7, 11) is 0. The van der Waals surface area contributed by atoms with Crippen LogP contribution in [-0.2, 0) is 0 Å². The predicted octanol–water partition coefficient (Wildman–Crippen LogP) is 5.62. The number of aromatic nitrogens is 2. The zero-order valence-electron chi connectivity index (χ0n) is 14.9. The highest BCUT2D eigenvalue weighted by atomic mass is 16.5. The second-order valence-electron chi connectivity index (χ2n) is 6.82. The van der Waals surface area contributed by atoms with Crippen LogP contribution >= 0.6 is 0 Å². The number of hydrogen-bond acceptors (Lipinski definition) is 3. The van der Waals surface area contributed by atoms with E-state index in [0.717, 1.165) is 23.1 Å². The van der Waals surface area contributed by atoms with E-state index in [-0.39, 0.29) is 0 Å². The Bertz CT molecular complexity index is 613. The first-order valence-electron chi connectivity index (χ1n) is 9.37. The van der Waals surface area contributed by atoms with Crippen LogP contribution in [0.3, 0.4) is 0 Å². The van der Waals surface area contributed by atoms with Gasteiger partial charge in [0.2, 0.25) is 5.88 Å². The van der Waals surface area contributed by atoms with Crippen molar-refractivity contribution in [1.82, 2.24) is 10.2 Å². The molecule has 1 aliphatic carbocycles. The van der Waals surface area contributed by atoms with Crippen molar-refractivity contribution in [3.63, 3.8) is 0 Å². The normalized spacial score (nSPS) is 20.8. The molecule has 1 fully saturated rings. The Kier molecular flexibility index (Phi) is 5.84. The monoisotopic (exact) mass is 324 g/mol. The van der Waals surface area contributed by atoms with Gasteiger partial charge in [-0.05, 0) is 56.1 Å². The van der Waals surface area contributed by atoms with Crippen LogP contribution in [0.15, 0.2) is 36.4 Å². The summed E-state index contributed by atoms with van der Waals surface area (Å²) in [5.74, 6) is 2.28. The van der Waals surface area contributed by atoms with Gasteiger partial charge in [0, 0.05) is 11.6 Å². The SMILES string of the molecule is CCCC1CCC(c2ccc(-c3ccc(OCC)nn3)cc2)CC1. The fourth-order valence-corrected chi connectivity index (χ4v) is 3.82. The second-order valence-corrected chi connectivity index (χ2v) is 6.82. The Balaban J connectivity index is 1.63. The molecule has 0 spiro atoms. The van der Waals surface area contributed by atoms with E-state index >= 15 is 0 Å². The standard InChI is InChI=1S/C21H28N2O/c1-3-5-16-6-8-17(9-7-16)18-10-12-19(13-11-18)20-14-15-21(23-22-20)24-4-2/h10-17H,3-9H2,1-2H3. The summed E-state index contributed by atoms with van der Waals surface area (Å²) >= 11 is 0. The molecule has 0 bridgehead atoms. The Morgan fingerprint density at radius 3 is 2.25 bits per heavy atom. The van der Waals surface area contributed by atoms with Gasteiger partial charge in [-0.2, -0.15) is 0 Å². The molecule has 1 saturated carbocycles. The molecule has 0 saturated heterocycles. The minimum absolute atomic E-state index is 0.585. The van der Waals surface area contributed by atoms with Crippen LogP contribution in [0.5, 0.6) is 5.88 Å². The molecular formula is C21H28N2O. The third kappa shape index (κ3) is 4.14. The third-order valence-electron chi connectivity index (χ3n) is 5.15. The summed E-state index contributed by atoms with van der Waals surface area (Å²) in [6.07, 6.45) is 8.20. The van der Waals surface area contributed by atoms with Gasteiger partial charge in [-0.15, -0.1) is 10.2 Å². The maximum atomic E-state index is 5.35. The highest BCUT2D eigenvalue weighted by Crippen LogP contribution is 2.37. The maximum Gasteiger partial charge on any atom is 0.233 e. The quantitative estimate of drug-likeness (QED) is 0.692. The molecule has 3 nitrogen and oxygen atoms in total. The van der Waals surface area contributed by atoms with Crippen LogP contribution in [0, 0.1) is 5.92 Å². The lowest BCUT2D eigenvalue weighted by molar-refractivity contribution is 0.308. The highest BCUT2D eigenvalue weighted by molar-refractivity contribution is 5.59. The summed E-state index contributed by atoms with van der Waals surface area (Å²) in [6, 6.07) is 12.8. The minimum Gasteiger partial charge on any atom is -0.477 e. The summed E-state index contributed by atoms with van der Waals surface area (Å²) in [6.45, 7) is 4.86. The fraction of sp³-hybridized carbons (Fsp3) is 0.524. The van der Waals surface area contributed by atoms with Gasteiger partial charge in [0.05, 0.1) is 12.3 Å². The Labute approximate surface area is 145 Å². The van der Waals surface area contributed by atoms with Gasteiger partial charge in [0.15, 0.2) is 0 Å². The molecule has 0 atom stereocenters. The number of hydrogen-bond donors (Lipinski definition) is 0. The summed E-state index contributed by atoms with van der Waals surface area (Å²) < 4.78 is 5.35. The van der Waals surface area contributed by atoms with Gasteiger partial charge >= 0.3 is 0 Å². The van der Waals surface area contributed by atoms with Gasteiger partial charge in [-0.25, -0.2) is 0 Å². The molecule has 128 valence electrons. The van der Waals surface area contributed by atoms with Crippen molar-refractivity contribution in [2.45, 2.75) is 58.3 Å². The molecule has 0 unspecified atom stereocenters. The smallest absolute Gasteiger partial charge is 0.233 e. The van der Waals surface area contributed by atoms with E-state index in [9.17, 15) is 0 Å². The van der Waals surface area contributed by atoms with Crippen LogP contribution in [-0.4, -0.2) is 16.8 Å². The van der Waals surface area contributed by atoms with Gasteiger partial charge in [-0.1, -0.05) is 44.0 Å². The number of benzene rings is 1. The first-order valence-corrected chi connectivity index (χ1v) is 9.37. The van der Waals surface area contributed by atoms with Crippen LogP contribution < -0.4 is 4.74 Å². The van der Waals surface area contributed by atoms with Gasteiger partial charge in [-0.3, -0.25) is 0 Å². The molecule has 0 amide bonds. The lowest BCUT2D eigenvalue weighted by Gasteiger charge is -2.28. The predicted molar refractivity (Wildman–Crippen MR) is 98.2 cm³/mol. The molecule has 3 rings (SSSR count). The molecule has 1 aliphatic rings. The molecular weight excluding hydrogens is 296 g/mol. The zero-order chi connectivity index (χ0) is 16.8. The Hall–Kier alpha value is -1.90. The van der Waals surface area contributed by atoms with Crippen molar-refractivity contribution in [1.29, 1.82) is 0 Å². The molecule has 0 N–H and O–H groups in total. The van der Waals surface area contributed by atoms with Crippen molar-refractivity contribution in [2.24, 2.45) is 5.92 Å². The molecule has 2 aromatic rings. The van der Waals surface area contributed by atoms with Crippen molar-refractivity contribution in [3.8, 4) is 17.1 Å². The first kappa shape index (κ1) is 16.9. The zero-order valence-corrected chi connectivity index (χ0v) is 14.9.